The number of hydrogen-bond acceptors (Lipinski definition) is 4. The predicted molar refractivity (Wildman–Crippen MR) is 107 cm³/mol. The minimum atomic E-state index is -0.644. The van der Waals surface area contributed by atoms with E-state index in [9.17, 15) is 9.59 Å². The maximum absolute atomic E-state index is 13.0. The lowest BCUT2D eigenvalue weighted by Gasteiger charge is -2.38. The second-order valence-electron chi connectivity index (χ2n) is 7.73. The first-order valence-corrected chi connectivity index (χ1v) is 10.1. The fourth-order valence-electron chi connectivity index (χ4n) is 3.79. The Balaban J connectivity index is 2.11. The Bertz CT molecular complexity index is 791. The number of nitrogens with one attached hydrogen (secondary N) is 1. The van der Waals surface area contributed by atoms with Gasteiger partial charge in [0.05, 0.1) is 23.1 Å². The van der Waals surface area contributed by atoms with E-state index in [0.717, 1.165) is 28.4 Å². The molecule has 1 aliphatic heterocycles. The van der Waals surface area contributed by atoms with E-state index in [0.29, 0.717) is 24.2 Å². The molecule has 1 spiro atoms. The van der Waals surface area contributed by atoms with Crippen molar-refractivity contribution in [1.82, 2.24) is 5.32 Å². The molecular formula is C21H26BrNO4. The summed E-state index contributed by atoms with van der Waals surface area (Å²) < 4.78 is 12.1. The summed E-state index contributed by atoms with van der Waals surface area (Å²) in [6, 6.07) is 5.84. The van der Waals surface area contributed by atoms with Crippen molar-refractivity contribution in [2.45, 2.75) is 58.1 Å². The first-order valence-electron chi connectivity index (χ1n) is 9.35. The molecule has 1 aromatic carbocycles. The van der Waals surface area contributed by atoms with Gasteiger partial charge < -0.3 is 14.8 Å². The average Bonchev–Trinajstić information content (AvgIpc) is 2.89. The van der Waals surface area contributed by atoms with E-state index < -0.39 is 5.54 Å². The first kappa shape index (κ1) is 20.1. The van der Waals surface area contributed by atoms with Gasteiger partial charge in [0.1, 0.15) is 5.76 Å². The van der Waals surface area contributed by atoms with Gasteiger partial charge in [-0.3, -0.25) is 9.59 Å². The summed E-state index contributed by atoms with van der Waals surface area (Å²) in [5.41, 5.74) is 1.60. The van der Waals surface area contributed by atoms with Crippen LogP contribution >= 0.6 is 15.9 Å². The van der Waals surface area contributed by atoms with Crippen LogP contribution < -0.4 is 5.32 Å². The number of ether oxygens (including phenoxy) is 2. The summed E-state index contributed by atoms with van der Waals surface area (Å²) in [5.74, 6) is -0.324. The fraction of sp³-hybridized carbons (Fsp3) is 0.524. The van der Waals surface area contributed by atoms with Gasteiger partial charge in [0.2, 0.25) is 0 Å². The molecule has 3 rings (SSSR count). The van der Waals surface area contributed by atoms with E-state index in [2.05, 4.69) is 21.2 Å². The van der Waals surface area contributed by atoms with E-state index in [1.807, 2.05) is 25.1 Å². The number of carbonyl (C=O) groups is 2. The van der Waals surface area contributed by atoms with Crippen molar-refractivity contribution in [1.29, 1.82) is 0 Å². The van der Waals surface area contributed by atoms with Gasteiger partial charge in [-0.2, -0.15) is 0 Å². The molecule has 0 radical (unpaired) electrons. The third kappa shape index (κ3) is 3.83. The van der Waals surface area contributed by atoms with Crippen LogP contribution in [0.5, 0.6) is 0 Å². The van der Waals surface area contributed by atoms with Crippen LogP contribution in [-0.2, 0) is 19.1 Å². The molecule has 1 aromatic rings. The Hall–Kier alpha value is -1.66. The van der Waals surface area contributed by atoms with Crippen molar-refractivity contribution < 1.29 is 19.1 Å². The number of rotatable bonds is 4. The lowest BCUT2D eigenvalue weighted by molar-refractivity contribution is -0.144. The highest BCUT2D eigenvalue weighted by Crippen LogP contribution is 2.45. The zero-order valence-electron chi connectivity index (χ0n) is 16.2. The highest BCUT2D eigenvalue weighted by molar-refractivity contribution is 9.10. The molecule has 6 heteroatoms. The zero-order chi connectivity index (χ0) is 19.8. The minimum absolute atomic E-state index is 0.171. The fourth-order valence-corrected chi connectivity index (χ4v) is 4.24. The van der Waals surface area contributed by atoms with Crippen molar-refractivity contribution in [2.75, 3.05) is 7.11 Å². The molecular weight excluding hydrogens is 410 g/mol. The van der Waals surface area contributed by atoms with E-state index in [-0.39, 0.29) is 23.9 Å². The summed E-state index contributed by atoms with van der Waals surface area (Å²) in [4.78, 5) is 25.5. The number of amides is 1. The summed E-state index contributed by atoms with van der Waals surface area (Å²) >= 11 is 3.55. The van der Waals surface area contributed by atoms with Gasteiger partial charge in [0, 0.05) is 17.1 Å². The van der Waals surface area contributed by atoms with Gasteiger partial charge >= 0.3 is 5.97 Å². The second-order valence-corrected chi connectivity index (χ2v) is 8.59. The number of carbonyl (C=O) groups excluding carboxylic acids is 2. The molecule has 2 aliphatic rings. The van der Waals surface area contributed by atoms with Gasteiger partial charge in [0.15, 0.2) is 0 Å². The maximum Gasteiger partial charge on any atom is 0.313 e. The number of benzene rings is 1. The van der Waals surface area contributed by atoms with Gasteiger partial charge in [-0.1, -0.05) is 41.4 Å². The van der Waals surface area contributed by atoms with Crippen molar-refractivity contribution in [3.8, 4) is 0 Å². The first-order chi connectivity index (χ1) is 12.8. The predicted octanol–water partition coefficient (Wildman–Crippen LogP) is 4.13. The Morgan fingerprint density at radius 3 is 2.56 bits per heavy atom. The number of methoxy groups -OCH3 is 1. The number of esters is 1. The van der Waals surface area contributed by atoms with Crippen LogP contribution in [0.3, 0.4) is 0 Å². The lowest BCUT2D eigenvalue weighted by Crippen LogP contribution is -2.49. The van der Waals surface area contributed by atoms with E-state index >= 15 is 0 Å². The molecule has 0 unspecified atom stereocenters. The Labute approximate surface area is 168 Å². The molecule has 1 N–H and O–H groups in total. The van der Waals surface area contributed by atoms with E-state index in [4.69, 9.17) is 9.47 Å². The van der Waals surface area contributed by atoms with Gasteiger partial charge in [0.25, 0.3) is 5.91 Å². The maximum atomic E-state index is 13.0. The van der Waals surface area contributed by atoms with Crippen LogP contribution in [0.4, 0.5) is 0 Å². The van der Waals surface area contributed by atoms with E-state index in [1.165, 1.54) is 0 Å². The molecule has 0 aromatic heterocycles. The molecule has 0 saturated heterocycles. The summed E-state index contributed by atoms with van der Waals surface area (Å²) in [7, 11) is 1.71. The standard InChI is InChI=1S/C21H26BrNO4/c1-12(2)20(25)27-18-17(15-11-13(3)5-6-16(15)22)19(24)23-21(18)9-7-14(26-4)8-10-21/h5-6,11-12,14H,7-10H2,1-4H3,(H,23,24). The van der Waals surface area contributed by atoms with Crippen molar-refractivity contribution in [3.05, 3.63) is 39.6 Å². The lowest BCUT2D eigenvalue weighted by atomic mass is 9.79. The average molecular weight is 436 g/mol. The van der Waals surface area contributed by atoms with Crippen molar-refractivity contribution >= 4 is 33.4 Å². The number of aryl methyl sites for hydroxylation is 1. The highest BCUT2D eigenvalue weighted by atomic mass is 79.9. The SMILES string of the molecule is COC1CCC2(CC1)NC(=O)C(c1cc(C)ccc1Br)=C2OC(=O)C(C)C. The largest absolute Gasteiger partial charge is 0.427 e. The summed E-state index contributed by atoms with van der Waals surface area (Å²) in [6.45, 7) is 5.57. The van der Waals surface area contributed by atoms with Crippen LogP contribution in [0, 0.1) is 12.8 Å². The van der Waals surface area contributed by atoms with E-state index in [1.54, 1.807) is 21.0 Å². The molecule has 0 atom stereocenters. The molecule has 146 valence electrons. The molecule has 1 fully saturated rings. The number of hydrogen-bond donors (Lipinski definition) is 1. The van der Waals surface area contributed by atoms with Crippen LogP contribution in [0.25, 0.3) is 5.57 Å². The molecule has 1 heterocycles. The summed E-state index contributed by atoms with van der Waals surface area (Å²) in [6.07, 6.45) is 3.16. The van der Waals surface area contributed by atoms with Crippen molar-refractivity contribution in [3.63, 3.8) is 0 Å². The Morgan fingerprint density at radius 1 is 1.30 bits per heavy atom. The smallest absolute Gasteiger partial charge is 0.313 e. The molecule has 1 aliphatic carbocycles. The molecule has 1 amide bonds. The Morgan fingerprint density at radius 2 is 1.96 bits per heavy atom. The van der Waals surface area contributed by atoms with Gasteiger partial charge in [-0.25, -0.2) is 0 Å². The minimum Gasteiger partial charge on any atom is -0.427 e. The molecule has 27 heavy (non-hydrogen) atoms. The Kier molecular flexibility index (Phi) is 5.77. The normalized spacial score (nSPS) is 25.3. The molecule has 1 saturated carbocycles. The van der Waals surface area contributed by atoms with Crippen LogP contribution in [-0.4, -0.2) is 30.6 Å². The number of halogens is 1. The van der Waals surface area contributed by atoms with Crippen molar-refractivity contribution in [2.24, 2.45) is 5.92 Å². The highest BCUT2D eigenvalue weighted by Gasteiger charge is 2.50. The molecule has 5 nitrogen and oxygen atoms in total. The monoisotopic (exact) mass is 435 g/mol. The second kappa shape index (κ2) is 7.76. The van der Waals surface area contributed by atoms with Gasteiger partial charge in [-0.05, 0) is 44.7 Å². The van der Waals surface area contributed by atoms with Gasteiger partial charge in [-0.15, -0.1) is 0 Å². The summed E-state index contributed by atoms with van der Waals surface area (Å²) in [5, 5.41) is 3.14. The topological polar surface area (TPSA) is 64.6 Å². The quantitative estimate of drug-likeness (QED) is 0.722. The molecule has 0 bridgehead atoms. The zero-order valence-corrected chi connectivity index (χ0v) is 17.8. The van der Waals surface area contributed by atoms with Crippen LogP contribution in [0.1, 0.15) is 50.7 Å². The third-order valence-electron chi connectivity index (χ3n) is 5.43. The van der Waals surface area contributed by atoms with Crippen LogP contribution in [0.2, 0.25) is 0 Å². The third-order valence-corrected chi connectivity index (χ3v) is 6.12. The van der Waals surface area contributed by atoms with Crippen LogP contribution in [0.15, 0.2) is 28.4 Å².